The van der Waals surface area contributed by atoms with Crippen LogP contribution in [-0.4, -0.2) is 77.4 Å². The molecule has 1 saturated heterocycles. The summed E-state index contributed by atoms with van der Waals surface area (Å²) in [7, 11) is 0. The number of aliphatic carboxylic acids is 2. The number of hydrogen-bond donors (Lipinski definition) is 2. The number of carbonyl (C=O) groups excluding carboxylic acids is 1. The summed E-state index contributed by atoms with van der Waals surface area (Å²) in [5.41, 5.74) is 2.32. The van der Waals surface area contributed by atoms with E-state index in [9.17, 15) is 4.79 Å². The molecule has 4 rings (SSSR count). The van der Waals surface area contributed by atoms with Crippen LogP contribution in [0, 0.1) is 6.92 Å². The molecule has 0 saturated carbocycles. The van der Waals surface area contributed by atoms with Crippen LogP contribution in [0.25, 0.3) is 0 Å². The lowest BCUT2D eigenvalue weighted by Crippen LogP contribution is -2.49. The smallest absolute Gasteiger partial charge is 0.414 e. The molecule has 2 heterocycles. The Kier molecular flexibility index (Phi) is 8.09. The van der Waals surface area contributed by atoms with Gasteiger partial charge in [-0.25, -0.2) is 9.59 Å². The van der Waals surface area contributed by atoms with Gasteiger partial charge < -0.3 is 29.3 Å². The molecule has 1 fully saturated rings. The van der Waals surface area contributed by atoms with E-state index in [-0.39, 0.29) is 12.5 Å². The van der Waals surface area contributed by atoms with Crippen molar-refractivity contribution in [2.45, 2.75) is 13.5 Å². The van der Waals surface area contributed by atoms with Gasteiger partial charge in [0, 0.05) is 32.7 Å². The van der Waals surface area contributed by atoms with Crippen molar-refractivity contribution in [1.29, 1.82) is 0 Å². The summed E-state index contributed by atoms with van der Waals surface area (Å²) in [5.74, 6) is -1.24. The molecule has 2 aromatic rings. The van der Waals surface area contributed by atoms with Crippen molar-refractivity contribution in [1.82, 2.24) is 9.80 Å². The highest BCUT2D eigenvalue weighted by molar-refractivity contribution is 6.27. The number of nitrogens with zero attached hydrogens (tertiary/aromatic N) is 2. The monoisotopic (exact) mass is 458 g/mol. The normalized spacial score (nSPS) is 14.8. The summed E-state index contributed by atoms with van der Waals surface area (Å²) in [6, 6.07) is 13.8. The van der Waals surface area contributed by atoms with E-state index in [1.54, 1.807) is 0 Å². The van der Waals surface area contributed by atoms with Gasteiger partial charge in [0.1, 0.15) is 5.75 Å². The lowest BCUT2D eigenvalue weighted by atomic mass is 10.1. The van der Waals surface area contributed by atoms with E-state index in [0.717, 1.165) is 55.5 Å². The first kappa shape index (κ1) is 23.9. The number of fused-ring (bicyclic) bond motifs is 1. The highest BCUT2D eigenvalue weighted by Crippen LogP contribution is 2.32. The number of carboxylic acid groups (broad SMARTS) is 2. The molecule has 10 heteroatoms. The first-order chi connectivity index (χ1) is 15.8. The fourth-order valence-electron chi connectivity index (χ4n) is 3.39. The Balaban J connectivity index is 0.000000454. The molecule has 0 aliphatic carbocycles. The zero-order valence-corrected chi connectivity index (χ0v) is 18.2. The number of benzene rings is 2. The SMILES string of the molecule is Cc1cccc(OCC(=O)N2CCN(Cc3ccc4c(c3)OCO4)CC2)c1.O=C(O)C(=O)O. The molecule has 33 heavy (non-hydrogen) atoms. The lowest BCUT2D eigenvalue weighted by molar-refractivity contribution is -0.159. The highest BCUT2D eigenvalue weighted by atomic mass is 16.7. The van der Waals surface area contributed by atoms with Crippen LogP contribution in [-0.2, 0) is 20.9 Å². The van der Waals surface area contributed by atoms with Crippen LogP contribution in [0.4, 0.5) is 0 Å². The second-order valence-electron chi connectivity index (χ2n) is 7.56. The van der Waals surface area contributed by atoms with Gasteiger partial charge in [-0.15, -0.1) is 0 Å². The Morgan fingerprint density at radius 3 is 2.30 bits per heavy atom. The summed E-state index contributed by atoms with van der Waals surface area (Å²) in [6.45, 7) is 6.39. The van der Waals surface area contributed by atoms with Crippen molar-refractivity contribution in [2.24, 2.45) is 0 Å². The predicted molar refractivity (Wildman–Crippen MR) is 116 cm³/mol. The summed E-state index contributed by atoms with van der Waals surface area (Å²) in [4.78, 5) is 34.8. The van der Waals surface area contributed by atoms with E-state index < -0.39 is 11.9 Å². The third kappa shape index (κ3) is 7.11. The van der Waals surface area contributed by atoms with Gasteiger partial charge in [-0.1, -0.05) is 18.2 Å². The quantitative estimate of drug-likeness (QED) is 0.643. The number of aryl methyl sites for hydroxylation is 1. The van der Waals surface area contributed by atoms with Crippen LogP contribution in [0.2, 0.25) is 0 Å². The average Bonchev–Trinajstić information content (AvgIpc) is 3.26. The molecule has 0 radical (unpaired) electrons. The number of piperazine rings is 1. The Morgan fingerprint density at radius 2 is 1.64 bits per heavy atom. The largest absolute Gasteiger partial charge is 0.484 e. The van der Waals surface area contributed by atoms with Gasteiger partial charge in [0.15, 0.2) is 18.1 Å². The molecule has 0 spiro atoms. The summed E-state index contributed by atoms with van der Waals surface area (Å²) in [5, 5.41) is 14.8. The molecule has 0 atom stereocenters. The van der Waals surface area contributed by atoms with E-state index in [2.05, 4.69) is 11.0 Å². The van der Waals surface area contributed by atoms with Crippen molar-refractivity contribution < 1.29 is 38.8 Å². The van der Waals surface area contributed by atoms with Crippen LogP contribution in [0.3, 0.4) is 0 Å². The second-order valence-corrected chi connectivity index (χ2v) is 7.56. The van der Waals surface area contributed by atoms with Crippen LogP contribution in [0.1, 0.15) is 11.1 Å². The molecular formula is C23H26N2O8. The van der Waals surface area contributed by atoms with Gasteiger partial charge >= 0.3 is 11.9 Å². The molecule has 0 bridgehead atoms. The molecule has 10 nitrogen and oxygen atoms in total. The van der Waals surface area contributed by atoms with Gasteiger partial charge in [-0.3, -0.25) is 9.69 Å². The van der Waals surface area contributed by atoms with Crippen molar-refractivity contribution in [2.75, 3.05) is 39.6 Å². The minimum atomic E-state index is -1.82. The summed E-state index contributed by atoms with van der Waals surface area (Å²) < 4.78 is 16.4. The highest BCUT2D eigenvalue weighted by Gasteiger charge is 2.22. The van der Waals surface area contributed by atoms with Crippen LogP contribution >= 0.6 is 0 Å². The lowest BCUT2D eigenvalue weighted by Gasteiger charge is -2.34. The van der Waals surface area contributed by atoms with Crippen molar-refractivity contribution in [3.8, 4) is 17.2 Å². The Labute approximate surface area is 190 Å². The van der Waals surface area contributed by atoms with Crippen LogP contribution < -0.4 is 14.2 Å². The third-order valence-electron chi connectivity index (χ3n) is 5.10. The Morgan fingerprint density at radius 1 is 0.939 bits per heavy atom. The minimum absolute atomic E-state index is 0.0410. The fourth-order valence-corrected chi connectivity index (χ4v) is 3.39. The molecule has 0 unspecified atom stereocenters. The van der Waals surface area contributed by atoms with Gasteiger partial charge in [-0.05, 0) is 42.3 Å². The van der Waals surface area contributed by atoms with Gasteiger partial charge in [0.05, 0.1) is 0 Å². The third-order valence-corrected chi connectivity index (χ3v) is 5.10. The predicted octanol–water partition coefficient (Wildman–Crippen LogP) is 1.60. The maximum atomic E-state index is 12.4. The van der Waals surface area contributed by atoms with Crippen molar-refractivity contribution in [3.63, 3.8) is 0 Å². The van der Waals surface area contributed by atoms with E-state index in [0.29, 0.717) is 6.79 Å². The molecule has 2 aliphatic heterocycles. The standard InChI is InChI=1S/C21H24N2O4.C2H2O4/c1-16-3-2-4-18(11-16)25-14-21(24)23-9-7-22(8-10-23)13-17-5-6-19-20(12-17)27-15-26-19;3-1(4)2(5)6/h2-6,11-12H,7-10,13-15H2,1H3;(H,3,4)(H,5,6). The van der Waals surface area contributed by atoms with Crippen LogP contribution in [0.5, 0.6) is 17.2 Å². The number of rotatable bonds is 5. The molecule has 176 valence electrons. The number of ether oxygens (including phenoxy) is 3. The van der Waals surface area contributed by atoms with E-state index in [1.807, 2.05) is 48.2 Å². The summed E-state index contributed by atoms with van der Waals surface area (Å²) in [6.07, 6.45) is 0. The van der Waals surface area contributed by atoms with Crippen LogP contribution in [0.15, 0.2) is 42.5 Å². The van der Waals surface area contributed by atoms with Crippen molar-refractivity contribution in [3.05, 3.63) is 53.6 Å². The van der Waals surface area contributed by atoms with E-state index in [1.165, 1.54) is 5.56 Å². The summed E-state index contributed by atoms with van der Waals surface area (Å²) >= 11 is 0. The first-order valence-corrected chi connectivity index (χ1v) is 10.4. The molecule has 0 aromatic heterocycles. The van der Waals surface area contributed by atoms with Gasteiger partial charge in [0.25, 0.3) is 5.91 Å². The molecular weight excluding hydrogens is 432 g/mol. The van der Waals surface area contributed by atoms with Gasteiger partial charge in [0.2, 0.25) is 6.79 Å². The second kappa shape index (κ2) is 11.2. The van der Waals surface area contributed by atoms with E-state index >= 15 is 0 Å². The maximum absolute atomic E-state index is 12.4. The maximum Gasteiger partial charge on any atom is 0.414 e. The Hall–Kier alpha value is -3.79. The van der Waals surface area contributed by atoms with Crippen molar-refractivity contribution >= 4 is 17.8 Å². The molecule has 2 N–H and O–H groups in total. The number of hydrogen-bond acceptors (Lipinski definition) is 7. The molecule has 2 aliphatic rings. The molecule has 2 aromatic carbocycles. The number of amides is 1. The average molecular weight is 458 g/mol. The minimum Gasteiger partial charge on any atom is -0.484 e. The van der Waals surface area contributed by atoms with Gasteiger partial charge in [-0.2, -0.15) is 0 Å². The van der Waals surface area contributed by atoms with E-state index in [4.69, 9.17) is 34.0 Å². The Bertz CT molecular complexity index is 990. The topological polar surface area (TPSA) is 126 Å². The molecule has 1 amide bonds. The fraction of sp³-hybridized carbons (Fsp3) is 0.348. The zero-order valence-electron chi connectivity index (χ0n) is 18.2. The number of carbonyl (C=O) groups is 3. The number of carboxylic acids is 2. The zero-order chi connectivity index (χ0) is 23.8. The first-order valence-electron chi connectivity index (χ1n) is 10.4.